The zero-order valence-corrected chi connectivity index (χ0v) is 21.2. The summed E-state index contributed by atoms with van der Waals surface area (Å²) in [7, 11) is 0.590. The Kier molecular flexibility index (Phi) is 4.61. The molecule has 0 spiro atoms. The van der Waals surface area contributed by atoms with E-state index < -0.39 is 8.07 Å². The minimum absolute atomic E-state index is 0.316. The van der Waals surface area contributed by atoms with Crippen molar-refractivity contribution in [3.8, 4) is 11.3 Å². The lowest BCUT2D eigenvalue weighted by Gasteiger charge is -2.37. The highest BCUT2D eigenvalue weighted by Gasteiger charge is 2.37. The highest BCUT2D eigenvalue weighted by molar-refractivity contribution is 6.92. The van der Waals surface area contributed by atoms with Crippen molar-refractivity contribution in [3.05, 3.63) is 72.3 Å². The number of aryl methyl sites for hydroxylation is 2. The van der Waals surface area contributed by atoms with E-state index in [1.807, 2.05) is 6.07 Å². The molecule has 0 aliphatic rings. The Morgan fingerprint density at radius 3 is 2.34 bits per heavy atom. The van der Waals surface area contributed by atoms with Crippen LogP contribution in [-0.2, 0) is 7.05 Å². The number of aromatic nitrogens is 1. The summed E-state index contributed by atoms with van der Waals surface area (Å²) in [5.41, 5.74) is 6.74. The Morgan fingerprint density at radius 2 is 1.59 bits per heavy atom. The van der Waals surface area contributed by atoms with Crippen molar-refractivity contribution in [1.82, 2.24) is 0 Å². The second-order valence-electron chi connectivity index (χ2n) is 10.7. The zero-order chi connectivity index (χ0) is 22.8. The molecule has 0 bridgehead atoms. The molecule has 0 aliphatic heterocycles. The van der Waals surface area contributed by atoms with Gasteiger partial charge in [-0.3, -0.25) is 0 Å². The lowest BCUT2D eigenvalue weighted by Crippen LogP contribution is -2.49. The van der Waals surface area contributed by atoms with Crippen LogP contribution in [0.2, 0.25) is 18.1 Å². The van der Waals surface area contributed by atoms with Gasteiger partial charge in [0.1, 0.15) is 18.2 Å². The van der Waals surface area contributed by atoms with Crippen LogP contribution in [0, 0.1) is 6.92 Å². The Balaban J connectivity index is 1.74. The van der Waals surface area contributed by atoms with Crippen molar-refractivity contribution in [2.24, 2.45) is 7.05 Å². The average Bonchev–Trinajstić information content (AvgIpc) is 3.12. The third-order valence-electron chi connectivity index (χ3n) is 7.78. The molecule has 0 amide bonds. The standard InChI is InChI=1S/C29H32NOSi/c1-19-12-15-23-22-10-8-9-11-26(22)31-28(23)27(19)25-16-13-20-18-21(14-17-24(20)30(25)5)32(6,7)29(2,3)4/h8-18H,1-7H3/q+1. The van der Waals surface area contributed by atoms with E-state index in [0.29, 0.717) is 5.04 Å². The van der Waals surface area contributed by atoms with Gasteiger partial charge in [0, 0.05) is 28.3 Å². The summed E-state index contributed by atoms with van der Waals surface area (Å²) < 4.78 is 8.70. The molecule has 0 fully saturated rings. The largest absolute Gasteiger partial charge is 0.455 e. The van der Waals surface area contributed by atoms with Gasteiger partial charge < -0.3 is 4.42 Å². The second-order valence-corrected chi connectivity index (χ2v) is 16.0. The van der Waals surface area contributed by atoms with Gasteiger partial charge in [0.15, 0.2) is 0 Å². The van der Waals surface area contributed by atoms with Crippen LogP contribution in [0.4, 0.5) is 0 Å². The van der Waals surface area contributed by atoms with Crippen molar-refractivity contribution in [1.29, 1.82) is 0 Å². The van der Waals surface area contributed by atoms with E-state index in [4.69, 9.17) is 4.42 Å². The van der Waals surface area contributed by atoms with E-state index in [1.54, 1.807) is 0 Å². The molecule has 0 radical (unpaired) electrons. The van der Waals surface area contributed by atoms with Crippen molar-refractivity contribution >= 4 is 46.1 Å². The highest BCUT2D eigenvalue weighted by atomic mass is 28.3. The van der Waals surface area contributed by atoms with Gasteiger partial charge in [-0.05, 0) is 35.7 Å². The van der Waals surface area contributed by atoms with E-state index in [0.717, 1.165) is 11.2 Å². The predicted molar refractivity (Wildman–Crippen MR) is 139 cm³/mol. The first-order valence-electron chi connectivity index (χ1n) is 11.4. The van der Waals surface area contributed by atoms with E-state index in [-0.39, 0.29) is 0 Å². The number of rotatable bonds is 2. The molecule has 0 aliphatic carbocycles. The molecule has 2 aromatic heterocycles. The number of fused-ring (bicyclic) bond motifs is 4. The number of benzene rings is 3. The molecule has 3 aromatic carbocycles. The van der Waals surface area contributed by atoms with E-state index in [2.05, 4.69) is 113 Å². The smallest absolute Gasteiger partial charge is 0.216 e. The number of furan rings is 1. The Hall–Kier alpha value is -2.91. The van der Waals surface area contributed by atoms with Gasteiger partial charge in [0.2, 0.25) is 11.2 Å². The highest BCUT2D eigenvalue weighted by Crippen LogP contribution is 2.38. The molecule has 0 saturated carbocycles. The van der Waals surface area contributed by atoms with Crippen LogP contribution in [0.5, 0.6) is 0 Å². The normalized spacial score (nSPS) is 12.8. The summed E-state index contributed by atoms with van der Waals surface area (Å²) in [4.78, 5) is 0. The summed E-state index contributed by atoms with van der Waals surface area (Å²) in [6, 6.07) is 24.3. The maximum atomic E-state index is 6.38. The molecule has 0 saturated heterocycles. The van der Waals surface area contributed by atoms with Gasteiger partial charge in [-0.25, -0.2) is 0 Å². The van der Waals surface area contributed by atoms with Crippen molar-refractivity contribution in [2.75, 3.05) is 0 Å². The van der Waals surface area contributed by atoms with Gasteiger partial charge in [-0.1, -0.05) is 75.5 Å². The molecule has 0 N–H and O–H groups in total. The van der Waals surface area contributed by atoms with Crippen LogP contribution in [0.15, 0.2) is 71.1 Å². The van der Waals surface area contributed by atoms with E-state index in [1.165, 1.54) is 43.7 Å². The molecule has 32 heavy (non-hydrogen) atoms. The monoisotopic (exact) mass is 438 g/mol. The molecule has 0 atom stereocenters. The van der Waals surface area contributed by atoms with Crippen LogP contribution >= 0.6 is 0 Å². The van der Waals surface area contributed by atoms with Crippen LogP contribution < -0.4 is 9.75 Å². The molecule has 5 rings (SSSR count). The predicted octanol–water partition coefficient (Wildman–Crippen LogP) is 7.25. The molecule has 2 nitrogen and oxygen atoms in total. The summed E-state index contributed by atoms with van der Waals surface area (Å²) in [6.45, 7) is 14.3. The van der Waals surface area contributed by atoms with Gasteiger partial charge in [0.25, 0.3) is 0 Å². The SMILES string of the molecule is Cc1ccc2c(oc3ccccc32)c1-c1ccc2cc([Si](C)(C)C(C)(C)C)ccc2[n+]1C. The third-order valence-corrected chi connectivity index (χ3v) is 13.3. The fraction of sp³-hybridized carbons (Fsp3) is 0.276. The number of hydrogen-bond donors (Lipinski definition) is 0. The molecule has 5 aromatic rings. The first kappa shape index (κ1) is 21.0. The number of nitrogens with zero attached hydrogens (tertiary/aromatic N) is 1. The van der Waals surface area contributed by atoms with Gasteiger partial charge in [-0.2, -0.15) is 4.57 Å². The maximum Gasteiger partial charge on any atom is 0.216 e. The molecule has 162 valence electrons. The third kappa shape index (κ3) is 3.02. The van der Waals surface area contributed by atoms with Gasteiger partial charge >= 0.3 is 0 Å². The fourth-order valence-corrected chi connectivity index (χ4v) is 6.56. The summed E-state index contributed by atoms with van der Waals surface area (Å²) in [5, 5.41) is 5.48. The summed E-state index contributed by atoms with van der Waals surface area (Å²) >= 11 is 0. The van der Waals surface area contributed by atoms with Gasteiger partial charge in [0.05, 0.1) is 13.6 Å². The Bertz CT molecular complexity index is 1500. The lowest BCUT2D eigenvalue weighted by atomic mass is 10.00. The van der Waals surface area contributed by atoms with Crippen LogP contribution in [-0.4, -0.2) is 8.07 Å². The number of hydrogen-bond acceptors (Lipinski definition) is 1. The molecular weight excluding hydrogens is 406 g/mol. The fourth-order valence-electron chi connectivity index (χ4n) is 4.68. The lowest BCUT2D eigenvalue weighted by molar-refractivity contribution is -0.633. The van der Waals surface area contributed by atoms with Crippen molar-refractivity contribution in [2.45, 2.75) is 45.8 Å². The first-order valence-corrected chi connectivity index (χ1v) is 14.4. The Morgan fingerprint density at radius 1 is 0.844 bits per heavy atom. The Labute approximate surface area is 191 Å². The van der Waals surface area contributed by atoms with Crippen LogP contribution in [0.3, 0.4) is 0 Å². The molecule has 2 heterocycles. The summed E-state index contributed by atoms with van der Waals surface area (Å²) in [5.74, 6) is 0. The molecule has 0 unspecified atom stereocenters. The van der Waals surface area contributed by atoms with E-state index in [9.17, 15) is 0 Å². The number of para-hydroxylation sites is 1. The second kappa shape index (κ2) is 7.04. The topological polar surface area (TPSA) is 17.0 Å². The summed E-state index contributed by atoms with van der Waals surface area (Å²) in [6.07, 6.45) is 0. The first-order chi connectivity index (χ1) is 15.1. The zero-order valence-electron chi connectivity index (χ0n) is 20.2. The van der Waals surface area contributed by atoms with Gasteiger partial charge in [-0.15, -0.1) is 0 Å². The van der Waals surface area contributed by atoms with Crippen LogP contribution in [0.1, 0.15) is 26.3 Å². The molecule has 3 heteroatoms. The van der Waals surface area contributed by atoms with Crippen molar-refractivity contribution < 1.29 is 8.98 Å². The maximum absolute atomic E-state index is 6.38. The minimum atomic E-state index is -1.58. The minimum Gasteiger partial charge on any atom is -0.455 e. The average molecular weight is 439 g/mol. The molecular formula is C29H32NOSi+. The number of pyridine rings is 1. The van der Waals surface area contributed by atoms with Crippen molar-refractivity contribution in [3.63, 3.8) is 0 Å². The van der Waals surface area contributed by atoms with E-state index >= 15 is 0 Å². The quantitative estimate of drug-likeness (QED) is 0.209. The van der Waals surface area contributed by atoms with Crippen LogP contribution in [0.25, 0.3) is 44.1 Å².